The molecule has 0 radical (unpaired) electrons. The first-order chi connectivity index (χ1) is 4.22. The molecule has 0 N–H and O–H groups in total. The summed E-state index contributed by atoms with van der Waals surface area (Å²) in [4.78, 5) is 3.90. The van der Waals surface area contributed by atoms with Crippen LogP contribution in [0.25, 0.3) is 0 Å². The molecule has 0 bridgehead atoms. The van der Waals surface area contributed by atoms with Crippen molar-refractivity contribution in [2.75, 3.05) is 0 Å². The molecular weight excluding hydrogens is 248 g/mol. The Balaban J connectivity index is 3.25. The van der Waals surface area contributed by atoms with E-state index in [2.05, 4.69) is 27.6 Å². The molecule has 0 spiro atoms. The minimum atomic E-state index is 0.599. The van der Waals surface area contributed by atoms with Gasteiger partial charge >= 0.3 is 0 Å². The van der Waals surface area contributed by atoms with Gasteiger partial charge in [0.15, 0.2) is 0 Å². The van der Waals surface area contributed by atoms with Crippen molar-refractivity contribution in [1.29, 1.82) is 0 Å². The first kappa shape index (κ1) is 7.28. The average Bonchev–Trinajstić information content (AvgIpc) is 1.83. The van der Waals surface area contributed by atoms with E-state index >= 15 is 0 Å². The van der Waals surface area contributed by atoms with Gasteiger partial charge < -0.3 is 0 Å². The van der Waals surface area contributed by atoms with Crippen molar-refractivity contribution >= 4 is 34.2 Å². The third-order valence-corrected chi connectivity index (χ3v) is 2.63. The van der Waals surface area contributed by atoms with Gasteiger partial charge in [0, 0.05) is 9.77 Å². The molecule has 0 saturated carbocycles. The summed E-state index contributed by atoms with van der Waals surface area (Å²) in [6.45, 7) is 1.96. The van der Waals surface area contributed by atoms with Crippen molar-refractivity contribution < 1.29 is 0 Å². The van der Waals surface area contributed by atoms with Crippen LogP contribution in [0.3, 0.4) is 0 Å². The van der Waals surface area contributed by atoms with E-state index in [0.29, 0.717) is 5.15 Å². The van der Waals surface area contributed by atoms with Crippen LogP contribution in [0.2, 0.25) is 5.15 Å². The van der Waals surface area contributed by atoms with E-state index in [0.717, 1.165) is 9.13 Å². The first-order valence-corrected chi connectivity index (χ1v) is 3.94. The summed E-state index contributed by atoms with van der Waals surface area (Å²) in [5.41, 5.74) is 1.06. The molecule has 0 aromatic carbocycles. The highest BCUT2D eigenvalue weighted by Gasteiger charge is 1.97. The van der Waals surface area contributed by atoms with E-state index in [-0.39, 0.29) is 0 Å². The number of aromatic nitrogens is 1. The van der Waals surface area contributed by atoms with Crippen LogP contribution in [0.4, 0.5) is 0 Å². The standard InChI is InChI=1S/C6H5ClIN/c1-4-5(8)2-3-9-6(4)7/h2-3H,1H3. The molecule has 1 heterocycles. The molecule has 0 aliphatic rings. The van der Waals surface area contributed by atoms with Gasteiger partial charge in [-0.25, -0.2) is 4.98 Å². The van der Waals surface area contributed by atoms with Gasteiger partial charge in [0.1, 0.15) is 5.15 Å². The minimum Gasteiger partial charge on any atom is -0.244 e. The Kier molecular flexibility index (Phi) is 2.29. The highest BCUT2D eigenvalue weighted by Crippen LogP contribution is 2.16. The van der Waals surface area contributed by atoms with E-state index in [9.17, 15) is 0 Å². The summed E-state index contributed by atoms with van der Waals surface area (Å²) in [6.07, 6.45) is 1.71. The molecular formula is C6H5ClIN. The van der Waals surface area contributed by atoms with Crippen LogP contribution in [0.15, 0.2) is 12.3 Å². The zero-order chi connectivity index (χ0) is 6.85. The van der Waals surface area contributed by atoms with Crippen molar-refractivity contribution in [2.24, 2.45) is 0 Å². The van der Waals surface area contributed by atoms with Crippen LogP contribution >= 0.6 is 34.2 Å². The van der Waals surface area contributed by atoms with E-state index in [1.165, 1.54) is 0 Å². The molecule has 0 amide bonds. The molecule has 3 heteroatoms. The monoisotopic (exact) mass is 253 g/mol. The number of halogens is 2. The van der Waals surface area contributed by atoms with Crippen molar-refractivity contribution in [2.45, 2.75) is 6.92 Å². The lowest BCUT2D eigenvalue weighted by Crippen LogP contribution is -1.83. The maximum absolute atomic E-state index is 5.70. The van der Waals surface area contributed by atoms with Crippen LogP contribution in [-0.4, -0.2) is 4.98 Å². The van der Waals surface area contributed by atoms with Gasteiger partial charge in [0.2, 0.25) is 0 Å². The summed E-state index contributed by atoms with van der Waals surface area (Å²) >= 11 is 7.92. The van der Waals surface area contributed by atoms with Crippen molar-refractivity contribution in [3.63, 3.8) is 0 Å². The van der Waals surface area contributed by atoms with Gasteiger partial charge in [-0.05, 0) is 41.1 Å². The van der Waals surface area contributed by atoms with Crippen LogP contribution in [-0.2, 0) is 0 Å². The summed E-state index contributed by atoms with van der Waals surface area (Å²) in [5.74, 6) is 0. The van der Waals surface area contributed by atoms with Crippen LogP contribution in [0.1, 0.15) is 5.56 Å². The second-order valence-corrected chi connectivity index (χ2v) is 3.23. The summed E-state index contributed by atoms with van der Waals surface area (Å²) in [7, 11) is 0. The van der Waals surface area contributed by atoms with Crippen LogP contribution in [0.5, 0.6) is 0 Å². The Labute approximate surface area is 72.6 Å². The molecule has 1 nitrogen and oxygen atoms in total. The Morgan fingerprint density at radius 3 is 2.78 bits per heavy atom. The predicted molar refractivity (Wildman–Crippen MR) is 46.7 cm³/mol. The Hall–Kier alpha value is 0.170. The smallest absolute Gasteiger partial charge is 0.132 e. The summed E-state index contributed by atoms with van der Waals surface area (Å²) < 4.78 is 1.16. The molecule has 9 heavy (non-hydrogen) atoms. The number of rotatable bonds is 0. The molecule has 0 atom stereocenters. The van der Waals surface area contributed by atoms with Crippen LogP contribution in [0, 0.1) is 10.5 Å². The lowest BCUT2D eigenvalue weighted by molar-refractivity contribution is 1.25. The SMILES string of the molecule is Cc1c(I)ccnc1Cl. The van der Waals surface area contributed by atoms with Gasteiger partial charge in [-0.1, -0.05) is 11.6 Å². The normalized spacial score (nSPS) is 9.67. The molecule has 1 rings (SSSR count). The summed E-state index contributed by atoms with van der Waals surface area (Å²) in [5, 5.41) is 0.599. The van der Waals surface area contributed by atoms with E-state index in [4.69, 9.17) is 11.6 Å². The maximum Gasteiger partial charge on any atom is 0.132 e. The van der Waals surface area contributed by atoms with Gasteiger partial charge in [0.25, 0.3) is 0 Å². The third-order valence-electron chi connectivity index (χ3n) is 1.08. The Bertz CT molecular complexity index is 204. The number of nitrogens with zero attached hydrogens (tertiary/aromatic N) is 1. The largest absolute Gasteiger partial charge is 0.244 e. The summed E-state index contributed by atoms with van der Waals surface area (Å²) in [6, 6.07) is 1.93. The average molecular weight is 253 g/mol. The Morgan fingerprint density at radius 2 is 2.33 bits per heavy atom. The molecule has 1 aromatic heterocycles. The number of hydrogen-bond donors (Lipinski definition) is 0. The van der Waals surface area contributed by atoms with E-state index in [1.807, 2.05) is 13.0 Å². The fraction of sp³-hybridized carbons (Fsp3) is 0.167. The molecule has 0 unspecified atom stereocenters. The lowest BCUT2D eigenvalue weighted by atomic mass is 10.3. The molecule has 0 aliphatic heterocycles. The van der Waals surface area contributed by atoms with Gasteiger partial charge in [-0.2, -0.15) is 0 Å². The molecule has 1 aromatic rings. The second-order valence-electron chi connectivity index (χ2n) is 1.71. The van der Waals surface area contributed by atoms with Gasteiger partial charge in [-0.3, -0.25) is 0 Å². The molecule has 48 valence electrons. The zero-order valence-electron chi connectivity index (χ0n) is 4.86. The topological polar surface area (TPSA) is 12.9 Å². The van der Waals surface area contributed by atoms with E-state index in [1.54, 1.807) is 6.20 Å². The molecule has 0 fully saturated rings. The van der Waals surface area contributed by atoms with Crippen molar-refractivity contribution in [3.8, 4) is 0 Å². The minimum absolute atomic E-state index is 0.599. The van der Waals surface area contributed by atoms with Gasteiger partial charge in [0.05, 0.1) is 0 Å². The zero-order valence-corrected chi connectivity index (χ0v) is 7.77. The Morgan fingerprint density at radius 1 is 1.67 bits per heavy atom. The quantitative estimate of drug-likeness (QED) is 0.512. The maximum atomic E-state index is 5.70. The fourth-order valence-corrected chi connectivity index (χ4v) is 1.22. The highest BCUT2D eigenvalue weighted by atomic mass is 127. The van der Waals surface area contributed by atoms with E-state index < -0.39 is 0 Å². The fourth-order valence-electron chi connectivity index (χ4n) is 0.489. The van der Waals surface area contributed by atoms with Crippen molar-refractivity contribution in [3.05, 3.63) is 26.5 Å². The molecule has 0 saturated heterocycles. The van der Waals surface area contributed by atoms with Gasteiger partial charge in [-0.15, -0.1) is 0 Å². The van der Waals surface area contributed by atoms with Crippen molar-refractivity contribution in [1.82, 2.24) is 4.98 Å². The lowest BCUT2D eigenvalue weighted by Gasteiger charge is -1.96. The highest BCUT2D eigenvalue weighted by molar-refractivity contribution is 14.1. The predicted octanol–water partition coefficient (Wildman–Crippen LogP) is 2.65. The second kappa shape index (κ2) is 2.84. The number of pyridine rings is 1. The third kappa shape index (κ3) is 1.55. The number of hydrogen-bond acceptors (Lipinski definition) is 1. The van der Waals surface area contributed by atoms with Crippen LogP contribution < -0.4 is 0 Å². The first-order valence-electron chi connectivity index (χ1n) is 2.48. The molecule has 0 aliphatic carbocycles.